The maximum Gasteiger partial charge on any atom is 0.325 e. The Balaban J connectivity index is 1.53. The second kappa shape index (κ2) is 7.20. The van der Waals surface area contributed by atoms with Gasteiger partial charge in [0.05, 0.1) is 5.56 Å². The minimum absolute atomic E-state index is 0.194. The maximum absolute atomic E-state index is 14.0. The van der Waals surface area contributed by atoms with E-state index in [2.05, 4.69) is 5.32 Å². The molecule has 2 aromatic carbocycles. The highest BCUT2D eigenvalue weighted by atomic mass is 19.1. The van der Waals surface area contributed by atoms with Gasteiger partial charge in [0.1, 0.15) is 17.1 Å². The molecule has 0 aliphatic carbocycles. The summed E-state index contributed by atoms with van der Waals surface area (Å²) in [5, 5.41) is 11.9. The van der Waals surface area contributed by atoms with Crippen LogP contribution in [0.5, 0.6) is 5.75 Å². The molecule has 0 saturated carbocycles. The van der Waals surface area contributed by atoms with Crippen molar-refractivity contribution in [2.24, 2.45) is 0 Å². The summed E-state index contributed by atoms with van der Waals surface area (Å²) >= 11 is 0. The van der Waals surface area contributed by atoms with E-state index in [1.807, 2.05) is 30.3 Å². The summed E-state index contributed by atoms with van der Waals surface area (Å²) < 4.78 is 14.0. The average Bonchev–Trinajstić information content (AvgIpc) is 2.94. The first-order valence-corrected chi connectivity index (χ1v) is 9.35. The molecular formula is C21H20FN3O4. The van der Waals surface area contributed by atoms with Crippen molar-refractivity contribution in [2.45, 2.75) is 24.9 Å². The third-order valence-electron chi connectivity index (χ3n) is 5.65. The quantitative estimate of drug-likeness (QED) is 0.778. The number of hydrogen-bond acceptors (Lipinski definition) is 4. The fourth-order valence-corrected chi connectivity index (χ4v) is 4.01. The summed E-state index contributed by atoms with van der Waals surface area (Å²) in [5.74, 6) is -1.83. The van der Waals surface area contributed by atoms with Crippen molar-refractivity contribution < 1.29 is 23.9 Å². The number of likely N-dealkylation sites (tertiary alicyclic amines) is 1. The lowest BCUT2D eigenvalue weighted by atomic mass is 9.85. The molecule has 4 amide bonds. The molecule has 1 spiro atoms. The van der Waals surface area contributed by atoms with Crippen LogP contribution in [0.3, 0.4) is 0 Å². The molecule has 8 heteroatoms. The van der Waals surface area contributed by atoms with Gasteiger partial charge in [0.2, 0.25) is 0 Å². The zero-order valence-corrected chi connectivity index (χ0v) is 15.6. The van der Waals surface area contributed by atoms with Gasteiger partial charge < -0.3 is 14.9 Å². The van der Waals surface area contributed by atoms with E-state index >= 15 is 0 Å². The van der Waals surface area contributed by atoms with Crippen LogP contribution in [0.1, 0.15) is 28.8 Å². The van der Waals surface area contributed by atoms with Crippen LogP contribution in [0.2, 0.25) is 0 Å². The Labute approximate surface area is 166 Å². The van der Waals surface area contributed by atoms with Crippen LogP contribution in [-0.4, -0.2) is 51.4 Å². The molecule has 0 bridgehead atoms. The fraction of sp³-hybridized carbons (Fsp3) is 0.286. The molecular weight excluding hydrogens is 377 g/mol. The molecule has 2 N–H and O–H groups in total. The van der Waals surface area contributed by atoms with Gasteiger partial charge in [-0.2, -0.15) is 0 Å². The molecule has 0 unspecified atom stereocenters. The van der Waals surface area contributed by atoms with Crippen LogP contribution in [0.15, 0.2) is 48.5 Å². The predicted octanol–water partition coefficient (Wildman–Crippen LogP) is 2.26. The number of phenols is 1. The second-order valence-corrected chi connectivity index (χ2v) is 7.32. The Morgan fingerprint density at radius 3 is 2.48 bits per heavy atom. The van der Waals surface area contributed by atoms with Crippen molar-refractivity contribution in [3.63, 3.8) is 0 Å². The van der Waals surface area contributed by atoms with Crippen molar-refractivity contribution in [1.82, 2.24) is 15.1 Å². The molecule has 29 heavy (non-hydrogen) atoms. The number of imide groups is 1. The molecule has 2 aliphatic rings. The number of rotatable bonds is 3. The average molecular weight is 397 g/mol. The van der Waals surface area contributed by atoms with E-state index in [0.29, 0.717) is 0 Å². The Hall–Kier alpha value is -3.42. The third-order valence-corrected chi connectivity index (χ3v) is 5.65. The lowest BCUT2D eigenvalue weighted by Crippen LogP contribution is -2.57. The van der Waals surface area contributed by atoms with Gasteiger partial charge in [-0.1, -0.05) is 30.3 Å². The standard InChI is InChI=1S/C21H20FN3O4/c22-17-7-6-15(26)12-16(17)18(27)24-10-8-21(9-11-24)19(28)23-20(29)25(21)13-14-4-2-1-3-5-14/h1-7,12,26H,8-11,13H2,(H,23,28,29). The van der Waals surface area contributed by atoms with Crippen LogP contribution >= 0.6 is 0 Å². The molecule has 2 heterocycles. The Bertz CT molecular complexity index is 971. The number of urea groups is 1. The number of carbonyl (C=O) groups is 3. The SMILES string of the molecule is O=C(c1cc(O)ccc1F)N1CCC2(CC1)C(=O)NC(=O)N2Cc1ccccc1. The monoisotopic (exact) mass is 397 g/mol. The van der Waals surface area contributed by atoms with Crippen LogP contribution in [0.25, 0.3) is 0 Å². The van der Waals surface area contributed by atoms with Crippen molar-refractivity contribution in [1.29, 1.82) is 0 Å². The van der Waals surface area contributed by atoms with Gasteiger partial charge in [0, 0.05) is 19.6 Å². The number of nitrogens with zero attached hydrogens (tertiary/aromatic N) is 2. The topological polar surface area (TPSA) is 90.0 Å². The van der Waals surface area contributed by atoms with Gasteiger partial charge in [0.15, 0.2) is 0 Å². The minimum atomic E-state index is -1.03. The molecule has 2 aliphatic heterocycles. The highest BCUT2D eigenvalue weighted by Crippen LogP contribution is 2.35. The first kappa shape index (κ1) is 18.9. The summed E-state index contributed by atoms with van der Waals surface area (Å²) in [5.41, 5.74) is -0.341. The molecule has 0 atom stereocenters. The number of amides is 4. The number of piperidine rings is 1. The highest BCUT2D eigenvalue weighted by molar-refractivity contribution is 6.07. The van der Waals surface area contributed by atoms with Crippen LogP contribution in [0.4, 0.5) is 9.18 Å². The lowest BCUT2D eigenvalue weighted by Gasteiger charge is -2.42. The van der Waals surface area contributed by atoms with Crippen LogP contribution in [-0.2, 0) is 11.3 Å². The summed E-state index contributed by atoms with van der Waals surface area (Å²) in [6.07, 6.45) is 0.507. The number of aromatic hydroxyl groups is 1. The van der Waals surface area contributed by atoms with E-state index in [1.54, 1.807) is 0 Å². The van der Waals surface area contributed by atoms with Crippen molar-refractivity contribution in [3.8, 4) is 5.75 Å². The minimum Gasteiger partial charge on any atom is -0.508 e. The molecule has 2 saturated heterocycles. The Kier molecular flexibility index (Phi) is 4.70. The molecule has 2 fully saturated rings. The number of nitrogens with one attached hydrogen (secondary N) is 1. The summed E-state index contributed by atoms with van der Waals surface area (Å²) in [4.78, 5) is 40.7. The fourth-order valence-electron chi connectivity index (χ4n) is 4.01. The van der Waals surface area contributed by atoms with Crippen LogP contribution in [0, 0.1) is 5.82 Å². The number of halogens is 1. The molecule has 0 aromatic heterocycles. The second-order valence-electron chi connectivity index (χ2n) is 7.32. The van der Waals surface area contributed by atoms with Gasteiger partial charge in [0.25, 0.3) is 11.8 Å². The van der Waals surface area contributed by atoms with E-state index in [-0.39, 0.29) is 49.7 Å². The molecule has 4 rings (SSSR count). The van der Waals surface area contributed by atoms with Gasteiger partial charge in [-0.05, 0) is 36.6 Å². The molecule has 150 valence electrons. The molecule has 0 radical (unpaired) electrons. The van der Waals surface area contributed by atoms with Crippen LogP contribution < -0.4 is 5.32 Å². The molecule has 7 nitrogen and oxygen atoms in total. The van der Waals surface area contributed by atoms with E-state index in [1.165, 1.54) is 15.9 Å². The lowest BCUT2D eigenvalue weighted by molar-refractivity contribution is -0.129. The number of carbonyl (C=O) groups excluding carboxylic acids is 3. The Morgan fingerprint density at radius 2 is 1.79 bits per heavy atom. The smallest absolute Gasteiger partial charge is 0.325 e. The number of benzene rings is 2. The number of phenolic OH excluding ortho intramolecular Hbond substituents is 1. The van der Waals surface area contributed by atoms with E-state index in [9.17, 15) is 23.9 Å². The van der Waals surface area contributed by atoms with Crippen molar-refractivity contribution in [3.05, 3.63) is 65.5 Å². The van der Waals surface area contributed by atoms with E-state index in [4.69, 9.17) is 0 Å². The van der Waals surface area contributed by atoms with E-state index < -0.39 is 23.3 Å². The third kappa shape index (κ3) is 3.30. The zero-order chi connectivity index (χ0) is 20.6. The normalized spacial score (nSPS) is 18.2. The highest BCUT2D eigenvalue weighted by Gasteiger charge is 2.54. The van der Waals surface area contributed by atoms with Gasteiger partial charge in [-0.3, -0.25) is 14.9 Å². The first-order chi connectivity index (χ1) is 13.9. The summed E-state index contributed by atoms with van der Waals surface area (Å²) in [6.45, 7) is 0.674. The summed E-state index contributed by atoms with van der Waals surface area (Å²) in [7, 11) is 0. The zero-order valence-electron chi connectivity index (χ0n) is 15.6. The van der Waals surface area contributed by atoms with Crippen molar-refractivity contribution >= 4 is 17.8 Å². The largest absolute Gasteiger partial charge is 0.508 e. The Morgan fingerprint density at radius 1 is 1.10 bits per heavy atom. The van der Waals surface area contributed by atoms with Gasteiger partial charge in [-0.25, -0.2) is 9.18 Å². The predicted molar refractivity (Wildman–Crippen MR) is 101 cm³/mol. The van der Waals surface area contributed by atoms with E-state index in [0.717, 1.165) is 17.7 Å². The molecule has 2 aromatic rings. The van der Waals surface area contributed by atoms with Gasteiger partial charge in [-0.15, -0.1) is 0 Å². The summed E-state index contributed by atoms with van der Waals surface area (Å²) in [6, 6.07) is 12.2. The van der Waals surface area contributed by atoms with Gasteiger partial charge >= 0.3 is 6.03 Å². The first-order valence-electron chi connectivity index (χ1n) is 9.35. The van der Waals surface area contributed by atoms with Crippen molar-refractivity contribution in [2.75, 3.05) is 13.1 Å². The number of hydrogen-bond donors (Lipinski definition) is 2. The maximum atomic E-state index is 14.0.